The number of sulfonamides is 1. The number of rotatable bonds is 5. The molecule has 0 aromatic heterocycles. The number of Topliss-reactive ketones (excluding diaryl/α,β-unsaturated/α-hetero) is 1. The Hall–Kier alpha value is -2.28. The lowest BCUT2D eigenvalue weighted by Crippen LogP contribution is -2.13. The first-order chi connectivity index (χ1) is 10.7. The maximum atomic E-state index is 14.1. The molecule has 0 saturated carbocycles. The Morgan fingerprint density at radius 1 is 1.09 bits per heavy atom. The molecule has 1 N–H and O–H groups in total. The van der Waals surface area contributed by atoms with Gasteiger partial charge in [-0.1, -0.05) is 18.2 Å². The van der Waals surface area contributed by atoms with Gasteiger partial charge in [-0.05, 0) is 42.3 Å². The lowest BCUT2D eigenvalue weighted by atomic mass is 9.88. The molecule has 2 aromatic carbocycles. The number of benzene rings is 2. The molecule has 0 fully saturated rings. The fraction of sp³-hybridized carbons (Fsp3) is 0.188. The predicted octanol–water partition coefficient (Wildman–Crippen LogP) is 3.06. The summed E-state index contributed by atoms with van der Waals surface area (Å²) in [6.07, 6.45) is 0.908. The van der Waals surface area contributed by atoms with E-state index in [0.29, 0.717) is 11.1 Å². The van der Waals surface area contributed by atoms with Gasteiger partial charge in [0.2, 0.25) is 10.0 Å². The van der Waals surface area contributed by atoms with Gasteiger partial charge in [-0.25, -0.2) is 17.2 Å². The van der Waals surface area contributed by atoms with Crippen LogP contribution in [-0.4, -0.2) is 20.5 Å². The molecule has 0 aliphatic rings. The van der Waals surface area contributed by atoms with Gasteiger partial charge >= 0.3 is 0 Å². The number of halogens is 2. The predicted molar refractivity (Wildman–Crippen MR) is 83.8 cm³/mol. The highest BCUT2D eigenvalue weighted by atomic mass is 32.2. The fourth-order valence-electron chi connectivity index (χ4n) is 2.34. The normalized spacial score (nSPS) is 12.7. The molecule has 1 atom stereocenters. The molecule has 0 bridgehead atoms. The Morgan fingerprint density at radius 2 is 1.74 bits per heavy atom. The molecule has 2 rings (SSSR count). The summed E-state index contributed by atoms with van der Waals surface area (Å²) < 4.78 is 51.8. The summed E-state index contributed by atoms with van der Waals surface area (Å²) in [5, 5.41) is 0. The Balaban J connectivity index is 2.45. The van der Waals surface area contributed by atoms with E-state index in [1.807, 2.05) is 4.72 Å². The molecule has 4 nitrogen and oxygen atoms in total. The number of ketones is 1. The topological polar surface area (TPSA) is 63.2 Å². The van der Waals surface area contributed by atoms with Crippen LogP contribution in [0, 0.1) is 11.6 Å². The zero-order valence-electron chi connectivity index (χ0n) is 12.5. The van der Waals surface area contributed by atoms with Gasteiger partial charge in [-0.3, -0.25) is 9.52 Å². The molecular weight excluding hydrogens is 324 g/mol. The first-order valence-electron chi connectivity index (χ1n) is 6.70. The van der Waals surface area contributed by atoms with E-state index in [4.69, 9.17) is 0 Å². The van der Waals surface area contributed by atoms with Gasteiger partial charge < -0.3 is 0 Å². The van der Waals surface area contributed by atoms with Crippen LogP contribution in [0.2, 0.25) is 0 Å². The molecule has 1 unspecified atom stereocenters. The van der Waals surface area contributed by atoms with E-state index in [0.717, 1.165) is 12.3 Å². The second kappa shape index (κ2) is 6.45. The lowest BCUT2D eigenvalue weighted by molar-refractivity contribution is -0.117. The first kappa shape index (κ1) is 17.1. The summed E-state index contributed by atoms with van der Waals surface area (Å²) in [5.41, 5.74) is 0.512. The van der Waals surface area contributed by atoms with Crippen LogP contribution in [0.1, 0.15) is 24.0 Å². The van der Waals surface area contributed by atoms with Crippen molar-refractivity contribution in [2.24, 2.45) is 0 Å². The van der Waals surface area contributed by atoms with Crippen LogP contribution < -0.4 is 4.72 Å². The zero-order valence-corrected chi connectivity index (χ0v) is 13.3. The van der Waals surface area contributed by atoms with Crippen LogP contribution in [0.15, 0.2) is 42.5 Å². The summed E-state index contributed by atoms with van der Waals surface area (Å²) in [4.78, 5) is 11.9. The van der Waals surface area contributed by atoms with E-state index in [9.17, 15) is 22.0 Å². The highest BCUT2D eigenvalue weighted by Gasteiger charge is 2.21. The van der Waals surface area contributed by atoms with Crippen LogP contribution in [0.4, 0.5) is 14.5 Å². The third kappa shape index (κ3) is 4.35. The molecule has 7 heteroatoms. The molecular formula is C16H15F2NO3S. The monoisotopic (exact) mass is 339 g/mol. The number of carbonyl (C=O) groups excluding carboxylic acids is 1. The third-order valence-corrected chi connectivity index (χ3v) is 3.80. The smallest absolute Gasteiger partial charge is 0.229 e. The van der Waals surface area contributed by atoms with Gasteiger partial charge in [0.15, 0.2) is 0 Å². The largest absolute Gasteiger partial charge is 0.299 e. The zero-order chi connectivity index (χ0) is 17.2. The summed E-state index contributed by atoms with van der Waals surface area (Å²) in [7, 11) is -3.61. The average molecular weight is 339 g/mol. The third-order valence-electron chi connectivity index (χ3n) is 3.21. The second-order valence-electron chi connectivity index (χ2n) is 5.21. The minimum absolute atomic E-state index is 0.210. The van der Waals surface area contributed by atoms with E-state index >= 15 is 0 Å². The Kier molecular flexibility index (Phi) is 4.79. The van der Waals surface area contributed by atoms with Gasteiger partial charge in [0, 0.05) is 0 Å². The van der Waals surface area contributed by atoms with Crippen LogP contribution >= 0.6 is 0 Å². The molecule has 23 heavy (non-hydrogen) atoms. The highest BCUT2D eigenvalue weighted by molar-refractivity contribution is 7.92. The highest BCUT2D eigenvalue weighted by Crippen LogP contribution is 2.29. The van der Waals surface area contributed by atoms with E-state index < -0.39 is 27.6 Å². The van der Waals surface area contributed by atoms with Gasteiger partial charge in [0.25, 0.3) is 0 Å². The quantitative estimate of drug-likeness (QED) is 0.911. The maximum Gasteiger partial charge on any atom is 0.229 e. The summed E-state index contributed by atoms with van der Waals surface area (Å²) in [5.74, 6) is -2.41. The average Bonchev–Trinajstić information content (AvgIpc) is 2.40. The minimum atomic E-state index is -3.61. The molecule has 0 saturated heterocycles. The summed E-state index contributed by atoms with van der Waals surface area (Å²) >= 11 is 0. The molecule has 0 aliphatic carbocycles. The maximum absolute atomic E-state index is 14.1. The molecule has 0 aliphatic heterocycles. The Labute approximate surface area is 133 Å². The van der Waals surface area contributed by atoms with Crippen molar-refractivity contribution < 1.29 is 22.0 Å². The van der Waals surface area contributed by atoms with Crippen molar-refractivity contribution in [3.05, 3.63) is 65.2 Å². The molecule has 0 radical (unpaired) electrons. The number of nitrogens with one attached hydrogen (secondary N) is 1. The number of hydrogen-bond acceptors (Lipinski definition) is 3. The van der Waals surface area contributed by atoms with E-state index in [1.54, 1.807) is 6.07 Å². The van der Waals surface area contributed by atoms with E-state index in [-0.39, 0.29) is 11.5 Å². The van der Waals surface area contributed by atoms with Crippen molar-refractivity contribution in [1.29, 1.82) is 0 Å². The van der Waals surface area contributed by atoms with Crippen molar-refractivity contribution in [1.82, 2.24) is 0 Å². The van der Waals surface area contributed by atoms with Crippen molar-refractivity contribution in [2.45, 2.75) is 12.8 Å². The van der Waals surface area contributed by atoms with Crippen LogP contribution in [0.25, 0.3) is 0 Å². The second-order valence-corrected chi connectivity index (χ2v) is 6.96. The van der Waals surface area contributed by atoms with Gasteiger partial charge in [0.1, 0.15) is 17.4 Å². The van der Waals surface area contributed by atoms with Crippen molar-refractivity contribution in [3.63, 3.8) is 0 Å². The molecule has 0 amide bonds. The molecule has 2 aromatic rings. The van der Waals surface area contributed by atoms with Gasteiger partial charge in [-0.2, -0.15) is 0 Å². The van der Waals surface area contributed by atoms with Gasteiger partial charge in [-0.15, -0.1) is 0 Å². The molecule has 122 valence electrons. The fourth-order valence-corrected chi connectivity index (χ4v) is 2.91. The SMILES string of the molecule is CC(=O)C(c1cccc(F)c1)c1ccc(NS(C)(=O)=O)c(F)c1. The standard InChI is InChI=1S/C16H15F2NO3S/c1-10(20)16(11-4-3-5-13(17)8-11)12-6-7-15(14(18)9-12)19-23(2,21)22/h3-9,16,19H,1-2H3. The number of carbonyl (C=O) groups is 1. The van der Waals surface area contributed by atoms with E-state index in [2.05, 4.69) is 0 Å². The molecule has 0 spiro atoms. The lowest BCUT2D eigenvalue weighted by Gasteiger charge is -2.16. The number of anilines is 1. The van der Waals surface area contributed by atoms with Crippen LogP contribution in [0.5, 0.6) is 0 Å². The number of hydrogen-bond donors (Lipinski definition) is 1. The van der Waals surface area contributed by atoms with Crippen molar-refractivity contribution in [3.8, 4) is 0 Å². The first-order valence-corrected chi connectivity index (χ1v) is 8.59. The van der Waals surface area contributed by atoms with Crippen molar-refractivity contribution in [2.75, 3.05) is 11.0 Å². The Bertz CT molecular complexity index is 850. The van der Waals surface area contributed by atoms with Crippen LogP contribution in [0.3, 0.4) is 0 Å². The van der Waals surface area contributed by atoms with Crippen molar-refractivity contribution >= 4 is 21.5 Å². The summed E-state index contributed by atoms with van der Waals surface area (Å²) in [6.45, 7) is 1.33. The molecule has 0 heterocycles. The Morgan fingerprint density at radius 3 is 2.26 bits per heavy atom. The van der Waals surface area contributed by atoms with Gasteiger partial charge in [0.05, 0.1) is 17.9 Å². The minimum Gasteiger partial charge on any atom is -0.299 e. The van der Waals surface area contributed by atoms with E-state index in [1.165, 1.54) is 37.3 Å². The summed E-state index contributed by atoms with van der Waals surface area (Å²) in [6, 6.07) is 9.26. The van der Waals surface area contributed by atoms with Crippen LogP contribution in [-0.2, 0) is 14.8 Å².